The molecule has 1 aliphatic rings. The number of fused-ring (bicyclic) bond motifs is 1. The second-order valence-electron chi connectivity index (χ2n) is 9.32. The maximum atomic E-state index is 13.7. The Bertz CT molecular complexity index is 1390. The third-order valence-corrected chi connectivity index (χ3v) is 7.71. The molecule has 0 spiro atoms. The van der Waals surface area contributed by atoms with E-state index in [1.165, 1.54) is 11.1 Å². The van der Waals surface area contributed by atoms with Crippen LogP contribution in [-0.4, -0.2) is 52.0 Å². The lowest BCUT2D eigenvalue weighted by Gasteiger charge is -2.39. The van der Waals surface area contributed by atoms with E-state index in [0.29, 0.717) is 31.9 Å². The number of carbonyl (C=O) groups is 2. The van der Waals surface area contributed by atoms with E-state index < -0.39 is 0 Å². The molecular formula is C28H30N4O2S. The number of carbonyl (C=O) groups excluding carboxylic acids is 2. The Balaban J connectivity index is 1.33. The highest BCUT2D eigenvalue weighted by atomic mass is 32.1. The molecule has 0 aliphatic carbocycles. The first-order valence-corrected chi connectivity index (χ1v) is 12.8. The maximum Gasteiger partial charge on any atom is 0.322 e. The minimum absolute atomic E-state index is 0.0209. The van der Waals surface area contributed by atoms with E-state index in [1.54, 1.807) is 11.3 Å². The summed E-state index contributed by atoms with van der Waals surface area (Å²) in [4.78, 5) is 31.4. The van der Waals surface area contributed by atoms with Crippen LogP contribution in [0.25, 0.3) is 10.2 Å². The Morgan fingerprint density at radius 3 is 2.63 bits per heavy atom. The molecule has 2 aromatic carbocycles. The van der Waals surface area contributed by atoms with Gasteiger partial charge in [0.15, 0.2) is 0 Å². The lowest BCUT2D eigenvalue weighted by molar-refractivity contribution is 0.0583. The van der Waals surface area contributed by atoms with Crippen LogP contribution < -0.4 is 5.32 Å². The topological polar surface area (TPSA) is 57.6 Å². The van der Waals surface area contributed by atoms with Gasteiger partial charge in [0, 0.05) is 43.3 Å². The predicted octanol–water partition coefficient (Wildman–Crippen LogP) is 5.75. The third kappa shape index (κ3) is 4.68. The minimum atomic E-state index is -0.126. The summed E-state index contributed by atoms with van der Waals surface area (Å²) in [5.74, 6) is 0.0209. The van der Waals surface area contributed by atoms with E-state index in [2.05, 4.69) is 40.4 Å². The molecule has 0 unspecified atom stereocenters. The number of anilines is 1. The number of nitrogens with one attached hydrogen (secondary N) is 1. The molecule has 6 nitrogen and oxygen atoms in total. The van der Waals surface area contributed by atoms with Gasteiger partial charge in [0.1, 0.15) is 10.5 Å². The number of amides is 3. The number of rotatable bonds is 4. The summed E-state index contributed by atoms with van der Waals surface area (Å²) in [7, 11) is 0. The summed E-state index contributed by atoms with van der Waals surface area (Å²) < 4.78 is 2.14. The summed E-state index contributed by atoms with van der Waals surface area (Å²) in [6.07, 6.45) is 0. The van der Waals surface area contributed by atoms with Crippen molar-refractivity contribution in [2.24, 2.45) is 0 Å². The fourth-order valence-corrected chi connectivity index (χ4v) is 5.69. The highest BCUT2D eigenvalue weighted by Gasteiger charge is 2.32. The van der Waals surface area contributed by atoms with Crippen molar-refractivity contribution in [3.05, 3.63) is 88.4 Å². The van der Waals surface area contributed by atoms with Crippen molar-refractivity contribution in [2.45, 2.75) is 33.4 Å². The molecule has 1 aliphatic heterocycles. The molecule has 3 amide bonds. The molecule has 7 heteroatoms. The van der Waals surface area contributed by atoms with Gasteiger partial charge in [-0.25, -0.2) is 4.79 Å². The second-order valence-corrected chi connectivity index (χ2v) is 10.2. The van der Waals surface area contributed by atoms with Crippen LogP contribution in [-0.2, 0) is 6.54 Å². The average molecular weight is 487 g/mol. The fourth-order valence-electron chi connectivity index (χ4n) is 4.79. The van der Waals surface area contributed by atoms with Gasteiger partial charge in [-0.3, -0.25) is 4.79 Å². The van der Waals surface area contributed by atoms with Crippen molar-refractivity contribution in [3.8, 4) is 0 Å². The molecule has 1 fully saturated rings. The number of nitrogens with zero attached hydrogens (tertiary/aromatic N) is 3. The van der Waals surface area contributed by atoms with E-state index in [4.69, 9.17) is 0 Å². The van der Waals surface area contributed by atoms with Gasteiger partial charge in [0.25, 0.3) is 5.91 Å². The largest absolute Gasteiger partial charge is 0.334 e. The van der Waals surface area contributed by atoms with Crippen molar-refractivity contribution in [2.75, 3.05) is 25.0 Å². The fraction of sp³-hybridized carbons (Fsp3) is 0.286. The average Bonchev–Trinajstić information content (AvgIpc) is 3.42. The van der Waals surface area contributed by atoms with Crippen molar-refractivity contribution >= 4 is 39.2 Å². The summed E-state index contributed by atoms with van der Waals surface area (Å²) in [6, 6.07) is 20.0. The van der Waals surface area contributed by atoms with E-state index in [1.807, 2.05) is 66.1 Å². The lowest BCUT2D eigenvalue weighted by atomic mass is 10.1. The standard InChI is InChI=1S/C28H30N4O2S/c1-19-7-6-10-24(15-19)29-28(34)31-13-12-30(17-21(31)3)26(33)25-16-22-11-14-35-27(22)32(25)18-23-9-5-4-8-20(23)2/h4-11,14-16,21H,12-13,17-18H2,1-3H3,(H,29,34)/t21-/m1/s1. The van der Waals surface area contributed by atoms with Gasteiger partial charge in [0.2, 0.25) is 0 Å². The van der Waals surface area contributed by atoms with Gasteiger partial charge in [-0.15, -0.1) is 11.3 Å². The quantitative estimate of drug-likeness (QED) is 0.400. The normalized spacial score (nSPS) is 16.0. The molecule has 5 rings (SSSR count). The number of benzene rings is 2. The number of piperazine rings is 1. The molecule has 4 aromatic rings. The molecule has 35 heavy (non-hydrogen) atoms. The molecule has 180 valence electrons. The van der Waals surface area contributed by atoms with E-state index >= 15 is 0 Å². The summed E-state index contributed by atoms with van der Waals surface area (Å²) >= 11 is 1.66. The molecule has 3 heterocycles. The van der Waals surface area contributed by atoms with Gasteiger partial charge in [0.05, 0.1) is 0 Å². The van der Waals surface area contributed by atoms with Gasteiger partial charge in [-0.1, -0.05) is 36.4 Å². The number of aromatic nitrogens is 1. The number of hydrogen-bond acceptors (Lipinski definition) is 3. The molecule has 0 radical (unpaired) electrons. The maximum absolute atomic E-state index is 13.7. The molecule has 1 N–H and O–H groups in total. The van der Waals surface area contributed by atoms with Crippen LogP contribution in [0.3, 0.4) is 0 Å². The van der Waals surface area contributed by atoms with E-state index in [-0.39, 0.29) is 18.0 Å². The Labute approximate surface area is 209 Å². The van der Waals surface area contributed by atoms with Crippen LogP contribution in [0.15, 0.2) is 66.0 Å². The first-order chi connectivity index (χ1) is 16.9. The van der Waals surface area contributed by atoms with Crippen molar-refractivity contribution in [3.63, 3.8) is 0 Å². The van der Waals surface area contributed by atoms with Crippen molar-refractivity contribution in [1.82, 2.24) is 14.4 Å². The first kappa shape index (κ1) is 23.2. The van der Waals surface area contributed by atoms with E-state index in [0.717, 1.165) is 21.5 Å². The van der Waals surface area contributed by atoms with Crippen LogP contribution in [0, 0.1) is 13.8 Å². The summed E-state index contributed by atoms with van der Waals surface area (Å²) in [5.41, 5.74) is 5.01. The Hall–Kier alpha value is -3.58. The molecule has 1 saturated heterocycles. The molecule has 2 aromatic heterocycles. The van der Waals surface area contributed by atoms with Crippen LogP contribution in [0.4, 0.5) is 10.5 Å². The Kier molecular flexibility index (Phi) is 6.34. The van der Waals surface area contributed by atoms with Crippen LogP contribution in [0.1, 0.15) is 34.1 Å². The highest BCUT2D eigenvalue weighted by molar-refractivity contribution is 7.16. The van der Waals surface area contributed by atoms with E-state index in [9.17, 15) is 9.59 Å². The zero-order valence-electron chi connectivity index (χ0n) is 20.3. The van der Waals surface area contributed by atoms with Crippen LogP contribution in [0.5, 0.6) is 0 Å². The number of hydrogen-bond donors (Lipinski definition) is 1. The Morgan fingerprint density at radius 2 is 1.86 bits per heavy atom. The monoisotopic (exact) mass is 486 g/mol. The minimum Gasteiger partial charge on any atom is -0.334 e. The first-order valence-electron chi connectivity index (χ1n) is 12.0. The lowest BCUT2D eigenvalue weighted by Crippen LogP contribution is -2.56. The summed E-state index contributed by atoms with van der Waals surface area (Å²) in [5, 5.41) is 6.16. The number of thiophene rings is 1. The summed E-state index contributed by atoms with van der Waals surface area (Å²) in [6.45, 7) is 8.27. The van der Waals surface area contributed by atoms with Crippen LogP contribution >= 0.6 is 11.3 Å². The van der Waals surface area contributed by atoms with Crippen LogP contribution in [0.2, 0.25) is 0 Å². The predicted molar refractivity (Wildman–Crippen MR) is 142 cm³/mol. The number of urea groups is 1. The zero-order valence-corrected chi connectivity index (χ0v) is 21.1. The molecule has 1 atom stereocenters. The smallest absolute Gasteiger partial charge is 0.322 e. The molecule has 0 bridgehead atoms. The van der Waals surface area contributed by atoms with Gasteiger partial charge < -0.3 is 19.7 Å². The van der Waals surface area contributed by atoms with Crippen molar-refractivity contribution in [1.29, 1.82) is 0 Å². The number of aryl methyl sites for hydroxylation is 2. The Morgan fingerprint density at radius 1 is 1.03 bits per heavy atom. The third-order valence-electron chi connectivity index (χ3n) is 6.76. The zero-order chi connectivity index (χ0) is 24.5. The van der Waals surface area contributed by atoms with Gasteiger partial charge in [-0.05, 0) is 67.1 Å². The molecule has 0 saturated carbocycles. The van der Waals surface area contributed by atoms with Crippen molar-refractivity contribution < 1.29 is 9.59 Å². The van der Waals surface area contributed by atoms with Gasteiger partial charge in [-0.2, -0.15) is 0 Å². The second kappa shape index (κ2) is 9.58. The SMILES string of the molecule is Cc1cccc(NC(=O)N2CCN(C(=O)c3cc4ccsc4n3Cc3ccccc3C)C[C@H]2C)c1. The molecular weight excluding hydrogens is 456 g/mol. The van der Waals surface area contributed by atoms with Gasteiger partial charge >= 0.3 is 6.03 Å². The highest BCUT2D eigenvalue weighted by Crippen LogP contribution is 2.28.